The fourth-order valence-electron chi connectivity index (χ4n) is 3.81. The van der Waals surface area contributed by atoms with Crippen molar-refractivity contribution in [3.05, 3.63) is 93.9 Å². The number of pyridine rings is 3. The number of aromatic nitrogens is 3. The van der Waals surface area contributed by atoms with E-state index in [4.69, 9.17) is 16.6 Å². The predicted octanol–water partition coefficient (Wildman–Crippen LogP) is 5.83. The van der Waals surface area contributed by atoms with Crippen molar-refractivity contribution in [3.8, 4) is 34.2 Å². The van der Waals surface area contributed by atoms with Crippen LogP contribution in [0, 0.1) is 11.8 Å². The molecule has 5 rings (SSSR count). The molecule has 0 bridgehead atoms. The molecule has 4 nitrogen and oxygen atoms in total. The summed E-state index contributed by atoms with van der Waals surface area (Å²) < 4.78 is 0. The average Bonchev–Trinajstić information content (AvgIpc) is 2.79. The molecule has 0 atom stereocenters. The molecule has 0 saturated carbocycles. The molecule has 0 aliphatic carbocycles. The summed E-state index contributed by atoms with van der Waals surface area (Å²) in [6, 6.07) is 20.9. The molecular weight excluding hydrogens is 406 g/mol. The van der Waals surface area contributed by atoms with E-state index in [0.29, 0.717) is 10.7 Å². The largest absolute Gasteiger partial charge is 0.307 e. The lowest BCUT2D eigenvalue weighted by molar-refractivity contribution is 1.23. The monoisotopic (exact) mass is 421 g/mol. The number of benzene rings is 2. The molecule has 3 heterocycles. The fraction of sp³-hybridized carbons (Fsp3) is 0.0385. The predicted molar refractivity (Wildman–Crippen MR) is 126 cm³/mol. The molecule has 0 radical (unpaired) electrons. The summed E-state index contributed by atoms with van der Waals surface area (Å²) in [6.07, 6.45) is 1.73. The van der Waals surface area contributed by atoms with Crippen molar-refractivity contribution < 1.29 is 0 Å². The van der Waals surface area contributed by atoms with E-state index < -0.39 is 0 Å². The molecule has 3 aromatic heterocycles. The van der Waals surface area contributed by atoms with Gasteiger partial charge < -0.3 is 4.98 Å². The summed E-state index contributed by atoms with van der Waals surface area (Å²) in [7, 11) is 0. The van der Waals surface area contributed by atoms with Crippen LogP contribution in [0.2, 0.25) is 5.02 Å². The standard InChI is InChI=1S/C26H16ClN3O/c1-2-7-19-20-11-12-22(31)29-26(20)30-25(16-8-4-3-5-9-16)23(19)18-14-17-10-6-13-28-24(17)21(27)15-18/h3-6,8-15H,1H3,(H,29,30,31). The minimum Gasteiger partial charge on any atom is -0.307 e. The van der Waals surface area contributed by atoms with Gasteiger partial charge in [-0.25, -0.2) is 4.98 Å². The number of halogens is 1. The number of fused-ring (bicyclic) bond motifs is 2. The zero-order valence-corrected chi connectivity index (χ0v) is 17.4. The lowest BCUT2D eigenvalue weighted by Crippen LogP contribution is -2.06. The highest BCUT2D eigenvalue weighted by Crippen LogP contribution is 2.39. The van der Waals surface area contributed by atoms with E-state index in [-0.39, 0.29) is 5.56 Å². The molecule has 0 aliphatic rings. The summed E-state index contributed by atoms with van der Waals surface area (Å²) in [5.41, 5.74) is 5.24. The molecule has 0 spiro atoms. The average molecular weight is 422 g/mol. The van der Waals surface area contributed by atoms with Crippen LogP contribution in [0.4, 0.5) is 0 Å². The number of rotatable bonds is 2. The van der Waals surface area contributed by atoms with Crippen LogP contribution in [-0.4, -0.2) is 15.0 Å². The highest BCUT2D eigenvalue weighted by molar-refractivity contribution is 6.35. The van der Waals surface area contributed by atoms with Crippen LogP contribution in [0.1, 0.15) is 12.5 Å². The Hall–Kier alpha value is -3.94. The van der Waals surface area contributed by atoms with Gasteiger partial charge in [0.25, 0.3) is 0 Å². The van der Waals surface area contributed by atoms with Crippen molar-refractivity contribution in [2.75, 3.05) is 0 Å². The molecule has 2 aromatic carbocycles. The first-order chi connectivity index (χ1) is 15.2. The van der Waals surface area contributed by atoms with Crippen LogP contribution < -0.4 is 5.56 Å². The Labute approximate surface area is 183 Å². The smallest absolute Gasteiger partial charge is 0.249 e. The van der Waals surface area contributed by atoms with Gasteiger partial charge in [-0.3, -0.25) is 9.78 Å². The van der Waals surface area contributed by atoms with E-state index in [1.807, 2.05) is 48.5 Å². The second kappa shape index (κ2) is 7.71. The molecule has 0 fully saturated rings. The van der Waals surface area contributed by atoms with Gasteiger partial charge in [-0.05, 0) is 36.8 Å². The van der Waals surface area contributed by atoms with Gasteiger partial charge in [0.05, 0.1) is 16.2 Å². The van der Waals surface area contributed by atoms with Gasteiger partial charge in [-0.1, -0.05) is 53.9 Å². The molecule has 0 saturated heterocycles. The zero-order chi connectivity index (χ0) is 21.4. The lowest BCUT2D eigenvalue weighted by atomic mass is 9.92. The van der Waals surface area contributed by atoms with Crippen molar-refractivity contribution >= 4 is 33.5 Å². The molecule has 5 heteroatoms. The van der Waals surface area contributed by atoms with E-state index in [1.54, 1.807) is 19.2 Å². The van der Waals surface area contributed by atoms with Crippen LogP contribution >= 0.6 is 11.6 Å². The second-order valence-corrected chi connectivity index (χ2v) is 7.48. The number of aromatic amines is 1. The molecule has 0 amide bonds. The number of H-pyrrole nitrogens is 1. The summed E-state index contributed by atoms with van der Waals surface area (Å²) in [4.78, 5) is 24.1. The van der Waals surface area contributed by atoms with Gasteiger partial charge in [0.2, 0.25) is 5.56 Å². The van der Waals surface area contributed by atoms with E-state index in [2.05, 4.69) is 27.9 Å². The van der Waals surface area contributed by atoms with E-state index in [0.717, 1.165) is 44.2 Å². The highest BCUT2D eigenvalue weighted by atomic mass is 35.5. The van der Waals surface area contributed by atoms with Crippen molar-refractivity contribution in [1.29, 1.82) is 0 Å². The first-order valence-electron chi connectivity index (χ1n) is 9.75. The molecule has 0 aliphatic heterocycles. The molecule has 1 N–H and O–H groups in total. The maximum atomic E-state index is 12.0. The van der Waals surface area contributed by atoms with E-state index in [9.17, 15) is 4.79 Å². The highest BCUT2D eigenvalue weighted by Gasteiger charge is 2.19. The SMILES string of the molecule is CC#Cc1c(-c2cc(Cl)c3ncccc3c2)c(-c2ccccc2)nc2[nH]c(=O)ccc12. The summed E-state index contributed by atoms with van der Waals surface area (Å²) in [5.74, 6) is 6.26. The second-order valence-electron chi connectivity index (χ2n) is 7.07. The van der Waals surface area contributed by atoms with Crippen LogP contribution in [-0.2, 0) is 0 Å². The summed E-state index contributed by atoms with van der Waals surface area (Å²) in [6.45, 7) is 1.79. The van der Waals surface area contributed by atoms with Gasteiger partial charge in [0, 0.05) is 39.7 Å². The van der Waals surface area contributed by atoms with Gasteiger partial charge in [0.15, 0.2) is 0 Å². The first kappa shape index (κ1) is 19.0. The summed E-state index contributed by atoms with van der Waals surface area (Å²) in [5, 5.41) is 2.27. The Bertz CT molecular complexity index is 1580. The van der Waals surface area contributed by atoms with Crippen LogP contribution in [0.15, 0.2) is 77.7 Å². The normalized spacial score (nSPS) is 10.8. The fourth-order valence-corrected chi connectivity index (χ4v) is 4.08. The van der Waals surface area contributed by atoms with Gasteiger partial charge >= 0.3 is 0 Å². The van der Waals surface area contributed by atoms with Gasteiger partial charge in [0.1, 0.15) is 5.65 Å². The Morgan fingerprint density at radius 1 is 0.968 bits per heavy atom. The van der Waals surface area contributed by atoms with Gasteiger partial charge in [-0.15, -0.1) is 5.92 Å². The van der Waals surface area contributed by atoms with Crippen molar-refractivity contribution in [2.45, 2.75) is 6.92 Å². The quantitative estimate of drug-likeness (QED) is 0.365. The number of nitrogens with one attached hydrogen (secondary N) is 1. The van der Waals surface area contributed by atoms with Crippen molar-refractivity contribution in [3.63, 3.8) is 0 Å². The third-order valence-corrected chi connectivity index (χ3v) is 5.41. The molecule has 0 unspecified atom stereocenters. The Balaban J connectivity index is 1.97. The maximum Gasteiger partial charge on any atom is 0.249 e. The van der Waals surface area contributed by atoms with Gasteiger partial charge in [-0.2, -0.15) is 0 Å². The topological polar surface area (TPSA) is 58.6 Å². The van der Waals surface area contributed by atoms with Crippen LogP contribution in [0.3, 0.4) is 0 Å². The summed E-state index contributed by atoms with van der Waals surface area (Å²) >= 11 is 6.61. The molecular formula is C26H16ClN3O. The van der Waals surface area contributed by atoms with Crippen molar-refractivity contribution in [1.82, 2.24) is 15.0 Å². The van der Waals surface area contributed by atoms with Crippen molar-refractivity contribution in [2.24, 2.45) is 0 Å². The Morgan fingerprint density at radius 2 is 1.81 bits per heavy atom. The number of hydrogen-bond acceptors (Lipinski definition) is 3. The molecule has 148 valence electrons. The first-order valence-corrected chi connectivity index (χ1v) is 10.1. The number of nitrogens with zero attached hydrogens (tertiary/aromatic N) is 2. The molecule has 5 aromatic rings. The minimum absolute atomic E-state index is 0.206. The zero-order valence-electron chi connectivity index (χ0n) is 16.6. The Morgan fingerprint density at radius 3 is 2.61 bits per heavy atom. The maximum absolute atomic E-state index is 12.0. The molecule has 31 heavy (non-hydrogen) atoms. The van der Waals surface area contributed by atoms with E-state index >= 15 is 0 Å². The van der Waals surface area contributed by atoms with E-state index in [1.165, 1.54) is 6.07 Å². The van der Waals surface area contributed by atoms with Crippen LogP contribution in [0.5, 0.6) is 0 Å². The van der Waals surface area contributed by atoms with Crippen LogP contribution in [0.25, 0.3) is 44.3 Å². The minimum atomic E-state index is -0.206. The Kier molecular flexibility index (Phi) is 4.74. The number of hydrogen-bond donors (Lipinski definition) is 1. The third-order valence-electron chi connectivity index (χ3n) is 5.12. The lowest BCUT2D eigenvalue weighted by Gasteiger charge is -2.15. The third kappa shape index (κ3) is 3.35.